The van der Waals surface area contributed by atoms with Crippen molar-refractivity contribution in [1.29, 1.82) is 0 Å². The second kappa shape index (κ2) is 6.39. The zero-order chi connectivity index (χ0) is 10.4. The Morgan fingerprint density at radius 3 is 1.92 bits per heavy atom. The van der Waals surface area contributed by atoms with Gasteiger partial charge >= 0.3 is 0 Å². The van der Waals surface area contributed by atoms with Crippen LogP contribution in [0.2, 0.25) is 0 Å². The van der Waals surface area contributed by atoms with Gasteiger partial charge in [-0.1, -0.05) is 13.8 Å². The molecule has 0 bridgehead atoms. The van der Waals surface area contributed by atoms with Gasteiger partial charge in [0.2, 0.25) is 0 Å². The average molecular weight is 187 g/mol. The molecule has 13 heavy (non-hydrogen) atoms. The van der Waals surface area contributed by atoms with E-state index in [0.29, 0.717) is 17.9 Å². The molecule has 0 saturated heterocycles. The van der Waals surface area contributed by atoms with Crippen molar-refractivity contribution in [1.82, 2.24) is 4.90 Å². The van der Waals surface area contributed by atoms with Gasteiger partial charge < -0.3 is 9.64 Å². The number of rotatable bonds is 6. The fourth-order valence-electron chi connectivity index (χ4n) is 1.24. The predicted molar refractivity (Wildman–Crippen MR) is 58.0 cm³/mol. The maximum absolute atomic E-state index is 5.64. The van der Waals surface area contributed by atoms with Gasteiger partial charge in [0.05, 0.1) is 12.7 Å². The Balaban J connectivity index is 3.81. The summed E-state index contributed by atoms with van der Waals surface area (Å²) in [6, 6.07) is 0. The monoisotopic (exact) mass is 187 g/mol. The summed E-state index contributed by atoms with van der Waals surface area (Å²) < 4.78 is 5.64. The molecule has 0 fully saturated rings. The van der Waals surface area contributed by atoms with Crippen molar-refractivity contribution in [2.24, 2.45) is 11.8 Å². The normalized spacial score (nSPS) is 14.5. The van der Waals surface area contributed by atoms with Crippen LogP contribution in [-0.4, -0.2) is 38.3 Å². The van der Waals surface area contributed by atoms with Gasteiger partial charge in [0.25, 0.3) is 0 Å². The fraction of sp³-hybridized carbons (Fsp3) is 1.00. The van der Waals surface area contributed by atoms with Gasteiger partial charge in [-0.05, 0) is 39.8 Å². The van der Waals surface area contributed by atoms with E-state index in [1.807, 2.05) is 0 Å². The first-order valence-electron chi connectivity index (χ1n) is 5.19. The molecular formula is C11H25NO. The van der Waals surface area contributed by atoms with E-state index in [1.165, 1.54) is 0 Å². The molecule has 0 aromatic heterocycles. The van der Waals surface area contributed by atoms with Crippen molar-refractivity contribution in [3.8, 4) is 0 Å². The van der Waals surface area contributed by atoms with Crippen LogP contribution >= 0.6 is 0 Å². The summed E-state index contributed by atoms with van der Waals surface area (Å²) in [6.07, 6.45) is 0.350. The van der Waals surface area contributed by atoms with Crippen LogP contribution in [0.4, 0.5) is 0 Å². The third-order valence-electron chi connectivity index (χ3n) is 2.19. The Morgan fingerprint density at radius 2 is 1.62 bits per heavy atom. The van der Waals surface area contributed by atoms with Gasteiger partial charge in [0.1, 0.15) is 0 Å². The standard InChI is InChI=1S/C11H25NO/c1-9(2)11(7-12(5)6)8-13-10(3)4/h9-11H,7-8H2,1-6H3. The summed E-state index contributed by atoms with van der Waals surface area (Å²) in [7, 11) is 4.23. The maximum Gasteiger partial charge on any atom is 0.0519 e. The van der Waals surface area contributed by atoms with E-state index in [4.69, 9.17) is 4.74 Å². The molecule has 80 valence electrons. The molecule has 0 aromatic rings. The number of ether oxygens (including phenoxy) is 1. The highest BCUT2D eigenvalue weighted by Crippen LogP contribution is 2.12. The molecular weight excluding hydrogens is 162 g/mol. The second-order valence-electron chi connectivity index (χ2n) is 4.65. The number of nitrogens with zero attached hydrogens (tertiary/aromatic N) is 1. The molecule has 0 saturated carbocycles. The summed E-state index contributed by atoms with van der Waals surface area (Å²) in [5.41, 5.74) is 0. The minimum Gasteiger partial charge on any atom is -0.378 e. The predicted octanol–water partition coefficient (Wildman–Crippen LogP) is 2.25. The van der Waals surface area contributed by atoms with Crippen LogP contribution in [0.5, 0.6) is 0 Å². The Bertz CT molecular complexity index is 121. The first-order chi connectivity index (χ1) is 5.93. The molecule has 1 unspecified atom stereocenters. The summed E-state index contributed by atoms with van der Waals surface area (Å²) in [5.74, 6) is 1.35. The molecule has 0 amide bonds. The molecule has 0 spiro atoms. The van der Waals surface area contributed by atoms with Crippen LogP contribution in [0.3, 0.4) is 0 Å². The Hall–Kier alpha value is -0.0800. The van der Waals surface area contributed by atoms with E-state index in [1.54, 1.807) is 0 Å². The van der Waals surface area contributed by atoms with Crippen molar-refractivity contribution in [2.45, 2.75) is 33.8 Å². The molecule has 0 aromatic carbocycles. The highest BCUT2D eigenvalue weighted by molar-refractivity contribution is 4.65. The first-order valence-corrected chi connectivity index (χ1v) is 5.19. The molecule has 0 aliphatic rings. The highest BCUT2D eigenvalue weighted by Gasteiger charge is 2.14. The molecule has 0 aliphatic carbocycles. The Kier molecular flexibility index (Phi) is 6.35. The smallest absolute Gasteiger partial charge is 0.0519 e. The van der Waals surface area contributed by atoms with Crippen molar-refractivity contribution < 1.29 is 4.74 Å². The minimum absolute atomic E-state index is 0.350. The Morgan fingerprint density at radius 1 is 1.08 bits per heavy atom. The lowest BCUT2D eigenvalue weighted by atomic mass is 9.96. The zero-order valence-electron chi connectivity index (χ0n) is 10.0. The summed E-state index contributed by atoms with van der Waals surface area (Å²) >= 11 is 0. The molecule has 0 aliphatic heterocycles. The number of hydrogen-bond donors (Lipinski definition) is 0. The lowest BCUT2D eigenvalue weighted by Gasteiger charge is -2.25. The maximum atomic E-state index is 5.64. The van der Waals surface area contributed by atoms with Crippen molar-refractivity contribution >= 4 is 0 Å². The van der Waals surface area contributed by atoms with Gasteiger partial charge in [-0.3, -0.25) is 0 Å². The second-order valence-corrected chi connectivity index (χ2v) is 4.65. The molecule has 0 heterocycles. The summed E-state index contributed by atoms with van der Waals surface area (Å²) in [5, 5.41) is 0. The quantitative estimate of drug-likeness (QED) is 0.632. The van der Waals surface area contributed by atoms with Crippen LogP contribution in [0.15, 0.2) is 0 Å². The van der Waals surface area contributed by atoms with Gasteiger partial charge in [-0.15, -0.1) is 0 Å². The van der Waals surface area contributed by atoms with Crippen LogP contribution in [0.25, 0.3) is 0 Å². The van der Waals surface area contributed by atoms with E-state index in [2.05, 4.69) is 46.7 Å². The van der Waals surface area contributed by atoms with E-state index < -0.39 is 0 Å². The van der Waals surface area contributed by atoms with Gasteiger partial charge in [0, 0.05) is 6.54 Å². The van der Waals surface area contributed by atoms with Crippen molar-refractivity contribution in [2.75, 3.05) is 27.2 Å². The van der Waals surface area contributed by atoms with E-state index in [0.717, 1.165) is 13.2 Å². The third kappa shape index (κ3) is 7.03. The average Bonchev–Trinajstić information content (AvgIpc) is 1.96. The first kappa shape index (κ1) is 12.9. The highest BCUT2D eigenvalue weighted by atomic mass is 16.5. The summed E-state index contributed by atoms with van der Waals surface area (Å²) in [6.45, 7) is 10.7. The molecule has 1 atom stereocenters. The fourth-order valence-corrected chi connectivity index (χ4v) is 1.24. The van der Waals surface area contributed by atoms with Gasteiger partial charge in [0.15, 0.2) is 0 Å². The van der Waals surface area contributed by atoms with Crippen LogP contribution < -0.4 is 0 Å². The van der Waals surface area contributed by atoms with Crippen LogP contribution in [-0.2, 0) is 4.74 Å². The van der Waals surface area contributed by atoms with Crippen LogP contribution in [0.1, 0.15) is 27.7 Å². The lowest BCUT2D eigenvalue weighted by Crippen LogP contribution is -2.29. The van der Waals surface area contributed by atoms with Crippen LogP contribution in [0, 0.1) is 11.8 Å². The zero-order valence-corrected chi connectivity index (χ0v) is 10.0. The molecule has 2 heteroatoms. The SMILES string of the molecule is CC(C)OCC(CN(C)C)C(C)C. The molecule has 0 rings (SSSR count). The lowest BCUT2D eigenvalue weighted by molar-refractivity contribution is 0.0313. The van der Waals surface area contributed by atoms with Crippen molar-refractivity contribution in [3.05, 3.63) is 0 Å². The van der Waals surface area contributed by atoms with E-state index in [9.17, 15) is 0 Å². The molecule has 0 N–H and O–H groups in total. The van der Waals surface area contributed by atoms with E-state index >= 15 is 0 Å². The largest absolute Gasteiger partial charge is 0.378 e. The Labute approximate surface area is 83.3 Å². The van der Waals surface area contributed by atoms with Gasteiger partial charge in [-0.2, -0.15) is 0 Å². The third-order valence-corrected chi connectivity index (χ3v) is 2.19. The molecule has 2 nitrogen and oxygen atoms in total. The van der Waals surface area contributed by atoms with Gasteiger partial charge in [-0.25, -0.2) is 0 Å². The topological polar surface area (TPSA) is 12.5 Å². The van der Waals surface area contributed by atoms with Crippen molar-refractivity contribution in [3.63, 3.8) is 0 Å². The molecule has 0 radical (unpaired) electrons. The van der Waals surface area contributed by atoms with E-state index in [-0.39, 0.29) is 0 Å². The summed E-state index contributed by atoms with van der Waals surface area (Å²) in [4.78, 5) is 2.23. The number of hydrogen-bond acceptors (Lipinski definition) is 2. The minimum atomic E-state index is 0.350.